The predicted octanol–water partition coefficient (Wildman–Crippen LogP) is 3.46. The number of nitrogens with zero attached hydrogens (tertiary/aromatic N) is 2. The lowest BCUT2D eigenvalue weighted by molar-refractivity contribution is 0.406. The van der Waals surface area contributed by atoms with Crippen LogP contribution in [0.1, 0.15) is 18.4 Å². The van der Waals surface area contributed by atoms with Gasteiger partial charge in [0.05, 0.1) is 12.1 Å². The van der Waals surface area contributed by atoms with Crippen LogP contribution in [0.5, 0.6) is 11.5 Å². The van der Waals surface area contributed by atoms with Crippen molar-refractivity contribution in [3.05, 3.63) is 41.3 Å². The Morgan fingerprint density at radius 1 is 1.32 bits per heavy atom. The van der Waals surface area contributed by atoms with Crippen molar-refractivity contribution in [3.8, 4) is 11.5 Å². The smallest absolute Gasteiger partial charge is 0.191 e. The molecule has 0 amide bonds. The Hall–Kier alpha value is -1.68. The standard InChI is InChI=1S/C20H28N4O2S.HI/c1-21-20(22-10-7-15-5-6-17(26-2)14-18(15)25)23-16-8-11-24(12-9-16)19-4-3-13-27-19;/h3-6,13-14,16,25H,7-12H2,1-2H3,(H2,21,22,23);1H. The number of aromatic hydroxyl groups is 1. The number of hydrogen-bond donors (Lipinski definition) is 3. The molecule has 3 rings (SSSR count). The summed E-state index contributed by atoms with van der Waals surface area (Å²) in [6.45, 7) is 2.83. The second-order valence-corrected chi connectivity index (χ2v) is 7.53. The van der Waals surface area contributed by atoms with E-state index in [4.69, 9.17) is 4.74 Å². The van der Waals surface area contributed by atoms with Gasteiger partial charge in [0.2, 0.25) is 0 Å². The summed E-state index contributed by atoms with van der Waals surface area (Å²) in [5.41, 5.74) is 0.892. The molecule has 154 valence electrons. The normalized spacial score (nSPS) is 15.1. The highest BCUT2D eigenvalue weighted by Gasteiger charge is 2.20. The van der Waals surface area contributed by atoms with Gasteiger partial charge >= 0.3 is 0 Å². The predicted molar refractivity (Wildman–Crippen MR) is 128 cm³/mol. The first kappa shape index (κ1) is 22.6. The lowest BCUT2D eigenvalue weighted by atomic mass is 10.1. The SMILES string of the molecule is CN=C(NCCc1ccc(OC)cc1O)NC1CCN(c2cccs2)CC1.I. The zero-order chi connectivity index (χ0) is 19.1. The van der Waals surface area contributed by atoms with Crippen LogP contribution in [0, 0.1) is 0 Å². The molecule has 0 atom stereocenters. The van der Waals surface area contributed by atoms with E-state index >= 15 is 0 Å². The Kier molecular flexibility index (Phi) is 9.17. The lowest BCUT2D eigenvalue weighted by Gasteiger charge is -2.33. The molecule has 0 bridgehead atoms. The number of phenolic OH excluding ortho intramolecular Hbond substituents is 1. The molecule has 1 aromatic heterocycles. The number of halogens is 1. The first-order valence-electron chi connectivity index (χ1n) is 9.31. The van der Waals surface area contributed by atoms with E-state index in [1.165, 1.54) is 5.00 Å². The number of methoxy groups -OCH3 is 1. The summed E-state index contributed by atoms with van der Waals surface area (Å²) in [6, 6.07) is 10.1. The van der Waals surface area contributed by atoms with Crippen LogP contribution in [0.3, 0.4) is 0 Å². The van der Waals surface area contributed by atoms with Crippen molar-refractivity contribution < 1.29 is 9.84 Å². The number of piperidine rings is 1. The Morgan fingerprint density at radius 2 is 2.11 bits per heavy atom. The highest BCUT2D eigenvalue weighted by Crippen LogP contribution is 2.25. The molecule has 3 N–H and O–H groups in total. The molecule has 1 aromatic carbocycles. The maximum absolute atomic E-state index is 10.1. The second-order valence-electron chi connectivity index (χ2n) is 6.60. The fourth-order valence-electron chi connectivity index (χ4n) is 3.28. The van der Waals surface area contributed by atoms with E-state index in [9.17, 15) is 5.11 Å². The zero-order valence-corrected chi connectivity index (χ0v) is 19.5. The van der Waals surface area contributed by atoms with Crippen molar-refractivity contribution in [2.75, 3.05) is 38.7 Å². The van der Waals surface area contributed by atoms with E-state index in [0.29, 0.717) is 24.8 Å². The summed E-state index contributed by atoms with van der Waals surface area (Å²) in [7, 11) is 3.39. The van der Waals surface area contributed by atoms with Gasteiger partial charge < -0.3 is 25.4 Å². The van der Waals surface area contributed by atoms with E-state index in [1.807, 2.05) is 12.1 Å². The highest BCUT2D eigenvalue weighted by molar-refractivity contribution is 14.0. The molecule has 28 heavy (non-hydrogen) atoms. The van der Waals surface area contributed by atoms with Crippen LogP contribution < -0.4 is 20.3 Å². The number of ether oxygens (including phenoxy) is 1. The van der Waals surface area contributed by atoms with Crippen molar-refractivity contribution in [2.24, 2.45) is 4.99 Å². The molecule has 2 aromatic rings. The average molecular weight is 516 g/mol. The fraction of sp³-hybridized carbons (Fsp3) is 0.450. The third-order valence-corrected chi connectivity index (χ3v) is 5.79. The number of aliphatic imine (C=N–C) groups is 1. The minimum absolute atomic E-state index is 0. The summed E-state index contributed by atoms with van der Waals surface area (Å²) in [4.78, 5) is 6.78. The molecule has 1 fully saturated rings. The molecule has 1 saturated heterocycles. The highest BCUT2D eigenvalue weighted by atomic mass is 127. The molecule has 8 heteroatoms. The maximum Gasteiger partial charge on any atom is 0.191 e. The topological polar surface area (TPSA) is 69.1 Å². The summed E-state index contributed by atoms with van der Waals surface area (Å²) in [5.74, 6) is 1.74. The molecular formula is C20H29IN4O2S. The number of thiophene rings is 1. The number of phenols is 1. The van der Waals surface area contributed by atoms with E-state index in [2.05, 4.69) is 38.0 Å². The number of hydrogen-bond acceptors (Lipinski definition) is 5. The second kappa shape index (κ2) is 11.4. The Bertz CT molecular complexity index is 747. The van der Waals surface area contributed by atoms with Crippen LogP contribution in [-0.2, 0) is 6.42 Å². The minimum Gasteiger partial charge on any atom is -0.508 e. The number of guanidine groups is 1. The average Bonchev–Trinajstić information content (AvgIpc) is 3.23. The van der Waals surface area contributed by atoms with Gasteiger partial charge in [-0.05, 0) is 48.4 Å². The van der Waals surface area contributed by atoms with Crippen LogP contribution in [0.25, 0.3) is 0 Å². The van der Waals surface area contributed by atoms with Gasteiger partial charge in [0.25, 0.3) is 0 Å². The molecular weight excluding hydrogens is 487 g/mol. The summed E-state index contributed by atoms with van der Waals surface area (Å²) >= 11 is 1.80. The lowest BCUT2D eigenvalue weighted by Crippen LogP contribution is -2.49. The molecule has 0 spiro atoms. The van der Waals surface area contributed by atoms with E-state index < -0.39 is 0 Å². The van der Waals surface area contributed by atoms with Crippen LogP contribution >= 0.6 is 35.3 Å². The van der Waals surface area contributed by atoms with E-state index in [0.717, 1.165) is 37.5 Å². The van der Waals surface area contributed by atoms with Gasteiger partial charge in [0.1, 0.15) is 11.5 Å². The molecule has 0 aliphatic carbocycles. The van der Waals surface area contributed by atoms with Crippen LogP contribution in [0.4, 0.5) is 5.00 Å². The van der Waals surface area contributed by atoms with Crippen LogP contribution in [-0.4, -0.2) is 50.9 Å². The first-order chi connectivity index (χ1) is 13.2. The first-order valence-corrected chi connectivity index (χ1v) is 10.2. The number of anilines is 1. The largest absolute Gasteiger partial charge is 0.508 e. The molecule has 2 heterocycles. The summed E-state index contributed by atoms with van der Waals surface area (Å²) < 4.78 is 5.12. The van der Waals surface area contributed by atoms with Gasteiger partial charge in [-0.15, -0.1) is 35.3 Å². The Morgan fingerprint density at radius 3 is 2.71 bits per heavy atom. The molecule has 0 radical (unpaired) electrons. The molecule has 1 aliphatic heterocycles. The van der Waals surface area contributed by atoms with Crippen LogP contribution in [0.15, 0.2) is 40.7 Å². The number of benzene rings is 1. The maximum atomic E-state index is 10.1. The molecule has 0 unspecified atom stereocenters. The quantitative estimate of drug-likeness (QED) is 0.312. The fourth-order valence-corrected chi connectivity index (χ4v) is 4.06. The van der Waals surface area contributed by atoms with Gasteiger partial charge in [-0.25, -0.2) is 0 Å². The molecule has 1 aliphatic rings. The van der Waals surface area contributed by atoms with Crippen molar-refractivity contribution in [3.63, 3.8) is 0 Å². The minimum atomic E-state index is 0. The molecule has 6 nitrogen and oxygen atoms in total. The zero-order valence-electron chi connectivity index (χ0n) is 16.4. The van der Waals surface area contributed by atoms with Crippen molar-refractivity contribution >= 4 is 46.3 Å². The Balaban J connectivity index is 0.00000280. The van der Waals surface area contributed by atoms with Gasteiger partial charge in [0, 0.05) is 38.8 Å². The molecule has 0 saturated carbocycles. The third kappa shape index (κ3) is 6.16. The van der Waals surface area contributed by atoms with Crippen molar-refractivity contribution in [2.45, 2.75) is 25.3 Å². The van der Waals surface area contributed by atoms with E-state index in [1.54, 1.807) is 31.6 Å². The summed E-state index contributed by atoms with van der Waals surface area (Å²) in [6.07, 6.45) is 2.91. The third-order valence-electron chi connectivity index (χ3n) is 4.86. The van der Waals surface area contributed by atoms with E-state index in [-0.39, 0.29) is 29.7 Å². The van der Waals surface area contributed by atoms with Gasteiger partial charge in [0.15, 0.2) is 5.96 Å². The van der Waals surface area contributed by atoms with Crippen molar-refractivity contribution in [1.29, 1.82) is 0 Å². The van der Waals surface area contributed by atoms with Gasteiger partial charge in [-0.2, -0.15) is 0 Å². The van der Waals surface area contributed by atoms with Gasteiger partial charge in [-0.1, -0.05) is 6.07 Å². The number of nitrogens with one attached hydrogen (secondary N) is 2. The summed E-state index contributed by atoms with van der Waals surface area (Å²) in [5, 5.41) is 20.4. The number of rotatable bonds is 6. The van der Waals surface area contributed by atoms with Crippen LogP contribution in [0.2, 0.25) is 0 Å². The van der Waals surface area contributed by atoms with Crippen molar-refractivity contribution in [1.82, 2.24) is 10.6 Å². The Labute approximate surface area is 188 Å². The monoisotopic (exact) mass is 516 g/mol. The van der Waals surface area contributed by atoms with Gasteiger partial charge in [-0.3, -0.25) is 4.99 Å².